The molecule has 2 heterocycles. The van der Waals surface area contributed by atoms with Crippen molar-refractivity contribution in [2.75, 3.05) is 11.4 Å². The Hall–Kier alpha value is -3.00. The van der Waals surface area contributed by atoms with Crippen LogP contribution in [0.25, 0.3) is 11.5 Å². The summed E-state index contributed by atoms with van der Waals surface area (Å²) in [6.45, 7) is 0.604. The van der Waals surface area contributed by atoms with Crippen molar-refractivity contribution in [3.8, 4) is 11.5 Å². The molecule has 38 heavy (non-hydrogen) atoms. The molecule has 4 fully saturated rings. The number of alkyl halides is 1. The van der Waals surface area contributed by atoms with Gasteiger partial charge in [0, 0.05) is 35.5 Å². The third-order valence-electron chi connectivity index (χ3n) is 9.21. The normalized spacial score (nSPS) is 28.2. The van der Waals surface area contributed by atoms with Crippen LogP contribution in [-0.2, 0) is 16.1 Å². The van der Waals surface area contributed by atoms with E-state index in [1.165, 1.54) is 6.08 Å². The Bertz CT molecular complexity index is 1390. The summed E-state index contributed by atoms with van der Waals surface area (Å²) in [5, 5.41) is 4.28. The van der Waals surface area contributed by atoms with Crippen molar-refractivity contribution in [2.45, 2.75) is 75.0 Å². The van der Waals surface area contributed by atoms with Crippen molar-refractivity contribution >= 4 is 23.2 Å². The summed E-state index contributed by atoms with van der Waals surface area (Å²) in [4.78, 5) is 24.8. The van der Waals surface area contributed by atoms with Crippen LogP contribution in [0.15, 0.2) is 51.4 Å². The van der Waals surface area contributed by atoms with Crippen LogP contribution in [0.3, 0.4) is 0 Å². The Morgan fingerprint density at radius 1 is 1.13 bits per heavy atom. The van der Waals surface area contributed by atoms with Gasteiger partial charge in [-0.05, 0) is 81.1 Å². The molecule has 2 aromatic heterocycles. The van der Waals surface area contributed by atoms with Crippen LogP contribution in [0.5, 0.6) is 0 Å². The maximum Gasteiger partial charge on any atom is 0.234 e. The molecule has 1 unspecified atom stereocenters. The van der Waals surface area contributed by atoms with Crippen molar-refractivity contribution in [3.63, 3.8) is 0 Å². The Balaban J connectivity index is 1.14. The van der Waals surface area contributed by atoms with Gasteiger partial charge in [0.1, 0.15) is 6.26 Å². The summed E-state index contributed by atoms with van der Waals surface area (Å²) in [7, 11) is 0. The molecule has 1 atom stereocenters. The fourth-order valence-electron chi connectivity index (χ4n) is 6.47. The summed E-state index contributed by atoms with van der Waals surface area (Å²) in [6, 6.07) is 7.69. The van der Waals surface area contributed by atoms with Crippen LogP contribution in [0.2, 0.25) is 0 Å². The number of halogens is 2. The zero-order chi connectivity index (χ0) is 25.9. The number of rotatable bonds is 8. The van der Waals surface area contributed by atoms with Gasteiger partial charge in [-0.25, -0.2) is 9.37 Å². The number of amides is 1. The number of nitrogens with zero attached hydrogens (tertiary/aromatic N) is 4. The standard InChI is InChI=1S/C29H30ClFN4O3/c30-15-22-16-37-25(32-22)19-2-1-3-23(14-19)35(26(36)20-12-21(31)13-20)17-28-6-9-29(10-7-28,11-8-28)27-33-24(34-38-27)18-4-5-18/h1-3,12,14,16,18,20H,4-11,13,15,17H2. The molecule has 0 spiro atoms. The van der Waals surface area contributed by atoms with Crippen LogP contribution in [0, 0.1) is 11.3 Å². The van der Waals surface area contributed by atoms with E-state index in [4.69, 9.17) is 25.5 Å². The van der Waals surface area contributed by atoms with E-state index < -0.39 is 5.92 Å². The first-order chi connectivity index (χ1) is 18.5. The molecule has 5 aliphatic rings. The van der Waals surface area contributed by atoms with Crippen LogP contribution in [0.4, 0.5) is 10.1 Å². The monoisotopic (exact) mass is 536 g/mol. The highest BCUT2D eigenvalue weighted by Gasteiger charge is 2.53. The average Bonchev–Trinajstić information content (AvgIpc) is 3.45. The maximum absolute atomic E-state index is 13.7. The van der Waals surface area contributed by atoms with E-state index >= 15 is 0 Å². The Kier molecular flexibility index (Phi) is 5.73. The third-order valence-corrected chi connectivity index (χ3v) is 9.48. The predicted molar refractivity (Wildman–Crippen MR) is 139 cm³/mol. The molecule has 1 amide bonds. The molecule has 0 aliphatic heterocycles. The Labute approximate surface area is 225 Å². The minimum Gasteiger partial charge on any atom is -0.444 e. The smallest absolute Gasteiger partial charge is 0.234 e. The molecule has 7 nitrogen and oxygen atoms in total. The zero-order valence-corrected chi connectivity index (χ0v) is 21.9. The van der Waals surface area contributed by atoms with E-state index in [-0.39, 0.29) is 34.9 Å². The number of fused-ring (bicyclic) bond motifs is 3. The van der Waals surface area contributed by atoms with Gasteiger partial charge in [0.15, 0.2) is 5.82 Å². The van der Waals surface area contributed by atoms with Crippen LogP contribution in [-0.4, -0.2) is 27.6 Å². The van der Waals surface area contributed by atoms with E-state index in [0.29, 0.717) is 24.0 Å². The molecule has 1 aromatic carbocycles. The Morgan fingerprint density at radius 2 is 1.89 bits per heavy atom. The Morgan fingerprint density at radius 3 is 2.55 bits per heavy atom. The number of oxazole rings is 1. The summed E-state index contributed by atoms with van der Waals surface area (Å²) in [6.07, 6.45) is 11.4. The van der Waals surface area contributed by atoms with Crippen molar-refractivity contribution in [1.82, 2.24) is 15.1 Å². The average molecular weight is 537 g/mol. The van der Waals surface area contributed by atoms with Gasteiger partial charge in [-0.3, -0.25) is 4.79 Å². The lowest BCUT2D eigenvalue weighted by atomic mass is 9.53. The summed E-state index contributed by atoms with van der Waals surface area (Å²) in [5.74, 6) is 2.20. The quantitative estimate of drug-likeness (QED) is 0.293. The third kappa shape index (κ3) is 4.17. The zero-order valence-electron chi connectivity index (χ0n) is 21.2. The van der Waals surface area contributed by atoms with Gasteiger partial charge in [-0.1, -0.05) is 11.2 Å². The fourth-order valence-corrected chi connectivity index (χ4v) is 6.59. The molecule has 0 saturated heterocycles. The number of carbonyl (C=O) groups is 1. The first-order valence-corrected chi connectivity index (χ1v) is 14.1. The van der Waals surface area contributed by atoms with Gasteiger partial charge < -0.3 is 13.8 Å². The van der Waals surface area contributed by atoms with E-state index in [1.807, 2.05) is 29.2 Å². The molecule has 0 radical (unpaired) electrons. The van der Waals surface area contributed by atoms with Crippen LogP contribution < -0.4 is 4.90 Å². The van der Waals surface area contributed by atoms with Crippen LogP contribution >= 0.6 is 11.6 Å². The van der Waals surface area contributed by atoms with E-state index in [2.05, 4.69) is 10.1 Å². The number of carbonyl (C=O) groups excluding carboxylic acids is 1. The highest BCUT2D eigenvalue weighted by molar-refractivity contribution is 6.16. The minimum atomic E-state index is -0.426. The van der Waals surface area contributed by atoms with Crippen LogP contribution in [0.1, 0.15) is 81.1 Å². The van der Waals surface area contributed by atoms with Crippen molar-refractivity contribution in [1.29, 1.82) is 0 Å². The van der Waals surface area contributed by atoms with Gasteiger partial charge in [0.05, 0.1) is 23.3 Å². The first kappa shape index (κ1) is 24.1. The molecule has 198 valence electrons. The summed E-state index contributed by atoms with van der Waals surface area (Å²) < 4.78 is 25.0. The predicted octanol–water partition coefficient (Wildman–Crippen LogP) is 6.84. The first-order valence-electron chi connectivity index (χ1n) is 13.6. The van der Waals surface area contributed by atoms with E-state index in [1.54, 1.807) is 6.26 Å². The molecule has 8 rings (SSSR count). The second kappa shape index (κ2) is 9.04. The topological polar surface area (TPSA) is 85.3 Å². The number of hydrogen-bond acceptors (Lipinski definition) is 6. The van der Waals surface area contributed by atoms with Gasteiger partial charge in [-0.2, -0.15) is 4.98 Å². The molecule has 0 N–H and O–H groups in total. The lowest BCUT2D eigenvalue weighted by Gasteiger charge is -2.53. The molecular formula is C29H30ClFN4O3. The molecule has 5 aliphatic carbocycles. The molecule has 4 saturated carbocycles. The maximum atomic E-state index is 13.7. The largest absolute Gasteiger partial charge is 0.444 e. The van der Waals surface area contributed by atoms with E-state index in [0.717, 1.165) is 74.3 Å². The highest BCUT2D eigenvalue weighted by atomic mass is 35.5. The molecule has 3 aromatic rings. The van der Waals surface area contributed by atoms with Crippen molar-refractivity contribution in [3.05, 3.63) is 59.8 Å². The molecule has 2 bridgehead atoms. The lowest BCUT2D eigenvalue weighted by molar-refractivity contribution is -0.122. The second-order valence-electron chi connectivity index (χ2n) is 11.7. The molecular weight excluding hydrogens is 507 g/mol. The lowest BCUT2D eigenvalue weighted by Crippen LogP contribution is -2.52. The van der Waals surface area contributed by atoms with Gasteiger partial charge in [-0.15, -0.1) is 11.6 Å². The SMILES string of the molecule is O=C(C1C=C(F)C1)N(CC12CCC(c3nc(C4CC4)no3)(CC1)CC2)c1cccc(-c2nc(CCl)co2)c1. The van der Waals surface area contributed by atoms with Gasteiger partial charge in [0.2, 0.25) is 17.7 Å². The number of aromatic nitrogens is 3. The number of allylic oxidation sites excluding steroid dienone is 1. The minimum absolute atomic E-state index is 0.00743. The summed E-state index contributed by atoms with van der Waals surface area (Å²) in [5.41, 5.74) is 2.18. The number of anilines is 1. The van der Waals surface area contributed by atoms with Crippen molar-refractivity contribution in [2.24, 2.45) is 11.3 Å². The second-order valence-corrected chi connectivity index (χ2v) is 12.0. The summed E-state index contributed by atoms with van der Waals surface area (Å²) >= 11 is 5.91. The van der Waals surface area contributed by atoms with E-state index in [9.17, 15) is 9.18 Å². The highest BCUT2D eigenvalue weighted by Crippen LogP contribution is 2.58. The van der Waals surface area contributed by atoms with Crippen molar-refractivity contribution < 1.29 is 18.1 Å². The van der Waals surface area contributed by atoms with Gasteiger partial charge >= 0.3 is 0 Å². The molecule has 9 heteroatoms. The van der Waals surface area contributed by atoms with Gasteiger partial charge in [0.25, 0.3) is 0 Å². The number of benzene rings is 1. The number of hydrogen-bond donors (Lipinski definition) is 0. The fraction of sp³-hybridized carbons (Fsp3) is 0.517.